The molecule has 5 rings (SSSR count). The van der Waals surface area contributed by atoms with Crippen LogP contribution in [0.15, 0.2) is 65.1 Å². The van der Waals surface area contributed by atoms with Crippen molar-refractivity contribution in [1.29, 1.82) is 0 Å². The number of aliphatic hydroxyl groups excluding tert-OH is 1. The Balaban J connectivity index is 1.80. The van der Waals surface area contributed by atoms with Crippen molar-refractivity contribution in [2.45, 2.75) is 29.6 Å². The van der Waals surface area contributed by atoms with Crippen molar-refractivity contribution >= 4 is 27.5 Å². The van der Waals surface area contributed by atoms with Gasteiger partial charge in [0.25, 0.3) is 6.43 Å². The molecule has 0 amide bonds. The van der Waals surface area contributed by atoms with Gasteiger partial charge in [0.15, 0.2) is 11.2 Å². The first-order valence-corrected chi connectivity index (χ1v) is 12.9. The van der Waals surface area contributed by atoms with Crippen LogP contribution in [0.5, 0.6) is 11.6 Å². The molecule has 1 aliphatic carbocycles. The van der Waals surface area contributed by atoms with Gasteiger partial charge in [-0.25, -0.2) is 13.8 Å². The van der Waals surface area contributed by atoms with Gasteiger partial charge in [-0.15, -0.1) is 0 Å². The van der Waals surface area contributed by atoms with Crippen LogP contribution in [0.3, 0.4) is 0 Å². The molecule has 0 saturated heterocycles. The SMILES string of the molecule is COc1nc(Cl)cc2c1[C@]1(O)[C@H](O)[C@H](CN(C)CC(F)F)[C@@H](c3ccccc3)[C@]1(c1ccc(Br)cc1)O2. The first-order chi connectivity index (χ1) is 17.6. The number of benzene rings is 2. The third kappa shape index (κ3) is 4.03. The number of hydrogen-bond donors (Lipinski definition) is 2. The predicted molar refractivity (Wildman–Crippen MR) is 138 cm³/mol. The van der Waals surface area contributed by atoms with Gasteiger partial charge < -0.3 is 24.6 Å². The van der Waals surface area contributed by atoms with Gasteiger partial charge in [0.1, 0.15) is 10.9 Å². The molecule has 2 heterocycles. The topological polar surface area (TPSA) is 75.0 Å². The minimum absolute atomic E-state index is 0.0245. The second-order valence-electron chi connectivity index (χ2n) is 9.55. The van der Waals surface area contributed by atoms with Crippen LogP contribution in [0.1, 0.15) is 22.6 Å². The van der Waals surface area contributed by atoms with E-state index in [0.717, 1.165) is 10.0 Å². The fraction of sp³-hybridized carbons (Fsp3) is 0.370. The number of halogens is 4. The molecule has 0 radical (unpaired) electrons. The van der Waals surface area contributed by atoms with Gasteiger partial charge in [-0.2, -0.15) is 0 Å². The Morgan fingerprint density at radius 3 is 2.49 bits per heavy atom. The molecule has 196 valence electrons. The summed E-state index contributed by atoms with van der Waals surface area (Å²) in [6.45, 7) is -0.403. The van der Waals surface area contributed by atoms with Gasteiger partial charge in [0.2, 0.25) is 5.88 Å². The molecule has 6 nitrogen and oxygen atoms in total. The number of aromatic nitrogens is 1. The summed E-state index contributed by atoms with van der Waals surface area (Å²) >= 11 is 9.72. The van der Waals surface area contributed by atoms with Crippen LogP contribution in [-0.2, 0) is 11.2 Å². The van der Waals surface area contributed by atoms with Crippen LogP contribution in [0, 0.1) is 5.92 Å². The molecule has 1 aliphatic heterocycles. The Bertz CT molecular complexity index is 1290. The Morgan fingerprint density at radius 2 is 1.86 bits per heavy atom. The highest BCUT2D eigenvalue weighted by Crippen LogP contribution is 2.69. The van der Waals surface area contributed by atoms with Crippen molar-refractivity contribution in [1.82, 2.24) is 9.88 Å². The molecule has 0 unspecified atom stereocenters. The quantitative estimate of drug-likeness (QED) is 0.377. The van der Waals surface area contributed by atoms with Gasteiger partial charge in [0, 0.05) is 28.9 Å². The summed E-state index contributed by atoms with van der Waals surface area (Å²) in [5, 5.41) is 24.8. The summed E-state index contributed by atoms with van der Waals surface area (Å²) in [4.78, 5) is 5.71. The third-order valence-electron chi connectivity index (χ3n) is 7.43. The van der Waals surface area contributed by atoms with Crippen LogP contribution in [-0.4, -0.2) is 59.9 Å². The van der Waals surface area contributed by atoms with E-state index in [0.29, 0.717) is 5.56 Å². The van der Waals surface area contributed by atoms with E-state index in [2.05, 4.69) is 20.9 Å². The molecule has 3 aromatic rings. The average Bonchev–Trinajstić information content (AvgIpc) is 3.22. The molecule has 0 bridgehead atoms. The Morgan fingerprint density at radius 1 is 1.19 bits per heavy atom. The van der Waals surface area contributed by atoms with Gasteiger partial charge in [-0.05, 0) is 30.3 Å². The second kappa shape index (κ2) is 9.78. The first kappa shape index (κ1) is 26.3. The summed E-state index contributed by atoms with van der Waals surface area (Å²) in [5.41, 5.74) is -2.04. The summed E-state index contributed by atoms with van der Waals surface area (Å²) in [7, 11) is 2.97. The molecule has 1 aromatic heterocycles. The molecular formula is C27H26BrClF2N2O4. The molecule has 10 heteroatoms. The summed E-state index contributed by atoms with van der Waals surface area (Å²) in [6, 6.07) is 18.1. The fourth-order valence-corrected chi connectivity index (χ4v) is 6.56. The zero-order chi connectivity index (χ0) is 26.5. The minimum atomic E-state index is -2.55. The highest BCUT2D eigenvalue weighted by Gasteiger charge is 2.77. The van der Waals surface area contributed by atoms with E-state index in [1.165, 1.54) is 18.1 Å². The lowest BCUT2D eigenvalue weighted by molar-refractivity contribution is -0.152. The molecule has 1 saturated carbocycles. The number of methoxy groups -OCH3 is 1. The van der Waals surface area contributed by atoms with E-state index in [1.807, 2.05) is 54.6 Å². The molecule has 5 atom stereocenters. The average molecular weight is 596 g/mol. The largest absolute Gasteiger partial charge is 0.481 e. The van der Waals surface area contributed by atoms with Gasteiger partial charge in [-0.1, -0.05) is 70.0 Å². The van der Waals surface area contributed by atoms with Crippen molar-refractivity contribution in [3.05, 3.63) is 87.0 Å². The van der Waals surface area contributed by atoms with Gasteiger partial charge in [0.05, 0.1) is 25.3 Å². The number of alkyl halides is 2. The van der Waals surface area contributed by atoms with Crippen molar-refractivity contribution in [2.24, 2.45) is 5.92 Å². The van der Waals surface area contributed by atoms with Crippen LogP contribution in [0.4, 0.5) is 8.78 Å². The number of rotatable bonds is 7. The number of pyridine rings is 1. The highest BCUT2D eigenvalue weighted by molar-refractivity contribution is 9.10. The van der Waals surface area contributed by atoms with E-state index < -0.39 is 42.1 Å². The van der Waals surface area contributed by atoms with Gasteiger partial charge in [-0.3, -0.25) is 0 Å². The van der Waals surface area contributed by atoms with Crippen molar-refractivity contribution in [3.63, 3.8) is 0 Å². The Kier molecular flexibility index (Phi) is 6.96. The number of aliphatic hydroxyl groups is 2. The van der Waals surface area contributed by atoms with Crippen LogP contribution < -0.4 is 9.47 Å². The summed E-state index contributed by atoms with van der Waals surface area (Å²) in [6.07, 6.45) is -3.98. The van der Waals surface area contributed by atoms with Crippen LogP contribution in [0.2, 0.25) is 5.15 Å². The molecule has 1 fully saturated rings. The normalized spacial score (nSPS) is 28.3. The number of fused-ring (bicyclic) bond motifs is 3. The zero-order valence-electron chi connectivity index (χ0n) is 20.1. The molecule has 37 heavy (non-hydrogen) atoms. The highest BCUT2D eigenvalue weighted by atomic mass is 79.9. The Hall–Kier alpha value is -2.30. The first-order valence-electron chi connectivity index (χ1n) is 11.8. The lowest BCUT2D eigenvalue weighted by atomic mass is 9.71. The standard InChI is InChI=1S/C27H26BrClF2N2O4/c1-33(14-21(30)31)13-18-22(15-6-4-3-5-7-15)27(16-8-10-17(28)11-9-16)26(35,24(18)34)23-19(37-27)12-20(29)32-25(23)36-2/h3-12,18,21-22,24,34-35H,13-14H2,1-2H3/t18-,22-,24-,26+,27+/m1/s1. The maximum absolute atomic E-state index is 13.3. The predicted octanol–water partition coefficient (Wildman–Crippen LogP) is 4.95. The molecular weight excluding hydrogens is 570 g/mol. The molecule has 2 aromatic carbocycles. The van der Waals surface area contributed by atoms with Gasteiger partial charge >= 0.3 is 0 Å². The molecule has 0 spiro atoms. The maximum atomic E-state index is 13.3. The third-order valence-corrected chi connectivity index (χ3v) is 8.16. The van der Waals surface area contributed by atoms with Crippen molar-refractivity contribution in [3.8, 4) is 11.6 Å². The summed E-state index contributed by atoms with van der Waals surface area (Å²) < 4.78 is 39.6. The zero-order valence-corrected chi connectivity index (χ0v) is 22.5. The van der Waals surface area contributed by atoms with Crippen LogP contribution in [0.25, 0.3) is 0 Å². The minimum Gasteiger partial charge on any atom is -0.481 e. The van der Waals surface area contributed by atoms with E-state index >= 15 is 0 Å². The van der Waals surface area contributed by atoms with E-state index in [-0.39, 0.29) is 28.9 Å². The Labute approximate surface area is 226 Å². The lowest BCUT2D eigenvalue weighted by Crippen LogP contribution is -2.52. The number of ether oxygens (including phenoxy) is 2. The molecule has 2 aliphatic rings. The van der Waals surface area contributed by atoms with E-state index in [4.69, 9.17) is 21.1 Å². The number of hydrogen-bond acceptors (Lipinski definition) is 6. The van der Waals surface area contributed by atoms with Crippen LogP contribution >= 0.6 is 27.5 Å². The van der Waals surface area contributed by atoms with Crippen molar-refractivity contribution < 1.29 is 28.5 Å². The lowest BCUT2D eigenvalue weighted by Gasteiger charge is -2.41. The second-order valence-corrected chi connectivity index (χ2v) is 10.9. The van der Waals surface area contributed by atoms with E-state index in [1.54, 1.807) is 7.05 Å². The van der Waals surface area contributed by atoms with Crippen molar-refractivity contribution in [2.75, 3.05) is 27.2 Å². The fourth-order valence-electron chi connectivity index (χ4n) is 6.12. The smallest absolute Gasteiger partial charge is 0.251 e. The summed E-state index contributed by atoms with van der Waals surface area (Å²) in [5.74, 6) is -1.09. The number of nitrogens with zero attached hydrogens (tertiary/aromatic N) is 2. The maximum Gasteiger partial charge on any atom is 0.251 e. The monoisotopic (exact) mass is 594 g/mol. The molecule has 2 N–H and O–H groups in total. The van der Waals surface area contributed by atoms with E-state index in [9.17, 15) is 19.0 Å².